The monoisotopic (exact) mass is 283 g/mol. The van der Waals surface area contributed by atoms with Crippen molar-refractivity contribution in [3.63, 3.8) is 0 Å². The van der Waals surface area contributed by atoms with E-state index in [0.29, 0.717) is 18.7 Å². The molecule has 0 aliphatic carbocycles. The number of piperazine rings is 1. The molecule has 7 heteroatoms. The summed E-state index contributed by atoms with van der Waals surface area (Å²) in [5.74, 6) is -0.201. The number of nitro groups is 1. The van der Waals surface area contributed by atoms with Crippen LogP contribution in [0.2, 0.25) is 5.02 Å². The first-order valence-electron chi connectivity index (χ1n) is 5.95. The first kappa shape index (κ1) is 13.8. The van der Waals surface area contributed by atoms with Gasteiger partial charge in [-0.3, -0.25) is 14.9 Å². The zero-order valence-corrected chi connectivity index (χ0v) is 11.2. The van der Waals surface area contributed by atoms with Gasteiger partial charge in [0.05, 0.1) is 4.92 Å². The number of hydrogen-bond acceptors (Lipinski definition) is 4. The van der Waals surface area contributed by atoms with E-state index in [-0.39, 0.29) is 22.7 Å². The molecular formula is C12H14ClN3O3. The van der Waals surface area contributed by atoms with Gasteiger partial charge in [0.2, 0.25) is 0 Å². The number of halogens is 1. The number of carbonyl (C=O) groups excluding carboxylic acids is 1. The Morgan fingerprint density at radius 1 is 1.58 bits per heavy atom. The molecule has 0 spiro atoms. The molecule has 1 aromatic rings. The topological polar surface area (TPSA) is 75.5 Å². The molecule has 1 saturated heterocycles. The lowest BCUT2D eigenvalue weighted by Crippen LogP contribution is -2.51. The van der Waals surface area contributed by atoms with Crippen molar-refractivity contribution in [2.75, 3.05) is 19.6 Å². The van der Waals surface area contributed by atoms with Gasteiger partial charge in [-0.1, -0.05) is 11.6 Å². The zero-order chi connectivity index (χ0) is 14.0. The Hall–Kier alpha value is -1.66. The molecule has 0 aromatic heterocycles. The summed E-state index contributed by atoms with van der Waals surface area (Å²) in [6.07, 6.45) is 0. The van der Waals surface area contributed by atoms with Gasteiger partial charge in [-0.25, -0.2) is 0 Å². The Kier molecular flexibility index (Phi) is 4.01. The van der Waals surface area contributed by atoms with Crippen molar-refractivity contribution in [2.45, 2.75) is 13.0 Å². The minimum absolute atomic E-state index is 0.0372. The lowest BCUT2D eigenvalue weighted by Gasteiger charge is -2.31. The molecule has 0 radical (unpaired) electrons. The number of benzene rings is 1. The predicted molar refractivity (Wildman–Crippen MR) is 71.5 cm³/mol. The molecule has 1 aliphatic heterocycles. The van der Waals surface area contributed by atoms with Crippen molar-refractivity contribution < 1.29 is 9.72 Å². The van der Waals surface area contributed by atoms with Crippen LogP contribution in [0.4, 0.5) is 5.69 Å². The molecule has 1 amide bonds. The second-order valence-corrected chi connectivity index (χ2v) is 4.94. The number of carbonyl (C=O) groups is 1. The van der Waals surface area contributed by atoms with Crippen molar-refractivity contribution in [3.8, 4) is 0 Å². The summed E-state index contributed by atoms with van der Waals surface area (Å²) in [4.78, 5) is 24.2. The SMILES string of the molecule is C[C@@H]1CN(C(=O)c2ccc(Cl)c([N+](=O)[O-])c2)CCN1. The Morgan fingerprint density at radius 2 is 2.32 bits per heavy atom. The molecule has 19 heavy (non-hydrogen) atoms. The van der Waals surface area contributed by atoms with Crippen LogP contribution in [-0.2, 0) is 0 Å². The Morgan fingerprint density at radius 3 is 2.95 bits per heavy atom. The zero-order valence-electron chi connectivity index (χ0n) is 10.4. The Bertz CT molecular complexity index is 521. The van der Waals surface area contributed by atoms with Gasteiger partial charge in [0.15, 0.2) is 0 Å². The molecule has 1 aliphatic rings. The predicted octanol–water partition coefficient (Wildman–Crippen LogP) is 1.68. The number of hydrogen-bond donors (Lipinski definition) is 1. The molecule has 1 heterocycles. The molecular weight excluding hydrogens is 270 g/mol. The number of amides is 1. The molecule has 1 aromatic carbocycles. The van der Waals surface area contributed by atoms with Crippen molar-refractivity contribution in [1.82, 2.24) is 10.2 Å². The largest absolute Gasteiger partial charge is 0.336 e. The third kappa shape index (κ3) is 3.02. The summed E-state index contributed by atoms with van der Waals surface area (Å²) in [6, 6.07) is 4.36. The average molecular weight is 284 g/mol. The lowest BCUT2D eigenvalue weighted by molar-refractivity contribution is -0.384. The standard InChI is InChI=1S/C12H14ClN3O3/c1-8-7-15(5-4-14-8)12(17)9-2-3-10(13)11(6-9)16(18)19/h2-3,6,8,14H,4-5,7H2,1H3/t8-/m1/s1. The third-order valence-corrected chi connectivity index (χ3v) is 3.37. The van der Waals surface area contributed by atoms with E-state index in [2.05, 4.69) is 5.32 Å². The fourth-order valence-electron chi connectivity index (χ4n) is 2.08. The minimum atomic E-state index is -0.584. The van der Waals surface area contributed by atoms with Gasteiger partial charge in [0.25, 0.3) is 11.6 Å². The van der Waals surface area contributed by atoms with Gasteiger partial charge in [-0.2, -0.15) is 0 Å². The van der Waals surface area contributed by atoms with Crippen molar-refractivity contribution in [3.05, 3.63) is 38.9 Å². The molecule has 102 valence electrons. The fourth-order valence-corrected chi connectivity index (χ4v) is 2.27. The van der Waals surface area contributed by atoms with E-state index in [1.165, 1.54) is 18.2 Å². The Labute approximate surface area is 115 Å². The maximum atomic E-state index is 12.3. The maximum Gasteiger partial charge on any atom is 0.288 e. The summed E-state index contributed by atoms with van der Waals surface area (Å²) in [6.45, 7) is 3.90. The van der Waals surface area contributed by atoms with E-state index in [9.17, 15) is 14.9 Å². The number of nitrogens with zero attached hydrogens (tertiary/aromatic N) is 2. The highest BCUT2D eigenvalue weighted by molar-refractivity contribution is 6.32. The van der Waals surface area contributed by atoms with Gasteiger partial charge in [0, 0.05) is 37.3 Å². The van der Waals surface area contributed by atoms with Crippen LogP contribution >= 0.6 is 11.6 Å². The van der Waals surface area contributed by atoms with Gasteiger partial charge in [-0.05, 0) is 19.1 Å². The van der Waals surface area contributed by atoms with E-state index in [0.717, 1.165) is 6.54 Å². The van der Waals surface area contributed by atoms with E-state index < -0.39 is 4.92 Å². The first-order valence-corrected chi connectivity index (χ1v) is 6.33. The normalized spacial score (nSPS) is 19.3. The smallest absolute Gasteiger partial charge is 0.288 e. The maximum absolute atomic E-state index is 12.3. The second-order valence-electron chi connectivity index (χ2n) is 4.53. The van der Waals surface area contributed by atoms with E-state index in [4.69, 9.17) is 11.6 Å². The summed E-state index contributed by atoms with van der Waals surface area (Å²) in [5, 5.41) is 14.1. The van der Waals surface area contributed by atoms with Crippen LogP contribution in [0.1, 0.15) is 17.3 Å². The van der Waals surface area contributed by atoms with E-state index >= 15 is 0 Å². The second kappa shape index (κ2) is 5.54. The molecule has 1 atom stereocenters. The van der Waals surface area contributed by atoms with Crippen molar-refractivity contribution >= 4 is 23.2 Å². The van der Waals surface area contributed by atoms with Crippen LogP contribution in [-0.4, -0.2) is 41.4 Å². The van der Waals surface area contributed by atoms with Gasteiger partial charge in [0.1, 0.15) is 5.02 Å². The molecule has 0 unspecified atom stereocenters. The van der Waals surface area contributed by atoms with Crippen LogP contribution in [0.5, 0.6) is 0 Å². The third-order valence-electron chi connectivity index (χ3n) is 3.05. The number of nitro benzene ring substituents is 1. The quantitative estimate of drug-likeness (QED) is 0.662. The summed E-state index contributed by atoms with van der Waals surface area (Å²) >= 11 is 5.73. The highest BCUT2D eigenvalue weighted by Crippen LogP contribution is 2.25. The Balaban J connectivity index is 2.24. The van der Waals surface area contributed by atoms with Crippen LogP contribution in [0.25, 0.3) is 0 Å². The van der Waals surface area contributed by atoms with Crippen molar-refractivity contribution in [2.24, 2.45) is 0 Å². The molecule has 6 nitrogen and oxygen atoms in total. The van der Waals surface area contributed by atoms with Crippen molar-refractivity contribution in [1.29, 1.82) is 0 Å². The summed E-state index contributed by atoms with van der Waals surface area (Å²) in [7, 11) is 0. The minimum Gasteiger partial charge on any atom is -0.336 e. The lowest BCUT2D eigenvalue weighted by atomic mass is 10.1. The van der Waals surface area contributed by atoms with Crippen LogP contribution in [0.15, 0.2) is 18.2 Å². The van der Waals surface area contributed by atoms with Crippen LogP contribution < -0.4 is 5.32 Å². The van der Waals surface area contributed by atoms with Crippen LogP contribution in [0.3, 0.4) is 0 Å². The van der Waals surface area contributed by atoms with Gasteiger partial charge >= 0.3 is 0 Å². The molecule has 1 fully saturated rings. The fraction of sp³-hybridized carbons (Fsp3) is 0.417. The first-order chi connectivity index (χ1) is 8.99. The van der Waals surface area contributed by atoms with Crippen LogP contribution in [0, 0.1) is 10.1 Å². The highest BCUT2D eigenvalue weighted by atomic mass is 35.5. The van der Waals surface area contributed by atoms with Gasteiger partial charge < -0.3 is 10.2 Å². The molecule has 1 N–H and O–H groups in total. The molecule has 0 saturated carbocycles. The number of rotatable bonds is 2. The summed E-state index contributed by atoms with van der Waals surface area (Å²) < 4.78 is 0. The van der Waals surface area contributed by atoms with E-state index in [1.54, 1.807) is 4.90 Å². The summed E-state index contributed by atoms with van der Waals surface area (Å²) in [5.41, 5.74) is 0.0564. The number of nitrogens with one attached hydrogen (secondary N) is 1. The highest BCUT2D eigenvalue weighted by Gasteiger charge is 2.23. The average Bonchev–Trinajstić information content (AvgIpc) is 2.38. The van der Waals surface area contributed by atoms with E-state index in [1.807, 2.05) is 6.92 Å². The van der Waals surface area contributed by atoms with Gasteiger partial charge in [-0.15, -0.1) is 0 Å². The molecule has 0 bridgehead atoms. The molecule has 2 rings (SSSR count).